The summed E-state index contributed by atoms with van der Waals surface area (Å²) in [7, 11) is 0. The summed E-state index contributed by atoms with van der Waals surface area (Å²) in [5, 5.41) is 5.81. The summed E-state index contributed by atoms with van der Waals surface area (Å²) in [5.41, 5.74) is 5.11. The van der Waals surface area contributed by atoms with Gasteiger partial charge >= 0.3 is 0 Å². The molecule has 0 atom stereocenters. The summed E-state index contributed by atoms with van der Waals surface area (Å²) >= 11 is 0. The Bertz CT molecular complexity index is 1420. The second kappa shape index (κ2) is 4.96. The van der Waals surface area contributed by atoms with Crippen molar-refractivity contribution in [2.45, 2.75) is 0 Å². The fraction of sp³-hybridized carbons (Fsp3) is 0. The Hall–Kier alpha value is -3.59. The topological polar surface area (TPSA) is 41.8 Å². The van der Waals surface area contributed by atoms with Crippen molar-refractivity contribution in [1.29, 1.82) is 0 Å². The van der Waals surface area contributed by atoms with Crippen molar-refractivity contribution in [1.82, 2.24) is 9.97 Å². The molecule has 6 rings (SSSR count). The van der Waals surface area contributed by atoms with E-state index in [1.165, 1.54) is 16.2 Å². The number of pyridine rings is 1. The number of hydrogen-bond donors (Lipinski definition) is 1. The zero-order valence-electron chi connectivity index (χ0n) is 13.9. The van der Waals surface area contributed by atoms with Crippen LogP contribution in [0.15, 0.2) is 83.6 Å². The monoisotopic (exact) mass is 334 g/mol. The van der Waals surface area contributed by atoms with Gasteiger partial charge < -0.3 is 9.40 Å². The lowest BCUT2D eigenvalue weighted by Crippen LogP contribution is -1.83. The Balaban J connectivity index is 1.92. The molecule has 0 spiro atoms. The first-order valence-electron chi connectivity index (χ1n) is 8.65. The summed E-state index contributed by atoms with van der Waals surface area (Å²) in [6, 6.07) is 22.8. The molecule has 122 valence electrons. The van der Waals surface area contributed by atoms with E-state index in [9.17, 15) is 0 Å². The van der Waals surface area contributed by atoms with Gasteiger partial charge in [-0.25, -0.2) is 0 Å². The zero-order valence-corrected chi connectivity index (χ0v) is 13.9. The third-order valence-electron chi connectivity index (χ3n) is 5.13. The number of rotatable bonds is 1. The molecule has 0 bridgehead atoms. The summed E-state index contributed by atoms with van der Waals surface area (Å²) in [5.74, 6) is 0. The summed E-state index contributed by atoms with van der Waals surface area (Å²) < 4.78 is 6.13. The number of fused-ring (bicyclic) bond motifs is 8. The molecule has 6 aromatic rings. The largest absolute Gasteiger partial charge is 0.463 e. The lowest BCUT2D eigenvalue weighted by molar-refractivity contribution is 0.620. The average molecular weight is 334 g/mol. The molecule has 3 heterocycles. The van der Waals surface area contributed by atoms with E-state index in [-0.39, 0.29) is 0 Å². The van der Waals surface area contributed by atoms with E-state index in [1.807, 2.05) is 30.7 Å². The smallest absolute Gasteiger partial charge is 0.145 e. The van der Waals surface area contributed by atoms with Crippen molar-refractivity contribution in [3.05, 3.63) is 79.2 Å². The Labute approximate surface area is 148 Å². The zero-order chi connectivity index (χ0) is 17.1. The van der Waals surface area contributed by atoms with Gasteiger partial charge in [0.2, 0.25) is 0 Å². The Morgan fingerprint density at radius 1 is 0.731 bits per heavy atom. The van der Waals surface area contributed by atoms with Crippen LogP contribution in [-0.2, 0) is 0 Å². The number of furan rings is 1. The quantitative estimate of drug-likeness (QED) is 0.384. The van der Waals surface area contributed by atoms with Crippen LogP contribution in [-0.4, -0.2) is 9.97 Å². The third kappa shape index (κ3) is 1.69. The molecule has 3 aromatic carbocycles. The molecule has 0 fully saturated rings. The molecule has 3 nitrogen and oxygen atoms in total. The van der Waals surface area contributed by atoms with E-state index < -0.39 is 0 Å². The van der Waals surface area contributed by atoms with Crippen LogP contribution in [0.25, 0.3) is 54.8 Å². The van der Waals surface area contributed by atoms with Crippen LogP contribution in [0.3, 0.4) is 0 Å². The second-order valence-corrected chi connectivity index (χ2v) is 6.53. The van der Waals surface area contributed by atoms with E-state index in [0.717, 1.165) is 38.6 Å². The van der Waals surface area contributed by atoms with Crippen LogP contribution in [0.1, 0.15) is 0 Å². The predicted molar refractivity (Wildman–Crippen MR) is 106 cm³/mol. The number of aromatic amines is 1. The van der Waals surface area contributed by atoms with Crippen LogP contribution < -0.4 is 0 Å². The van der Waals surface area contributed by atoms with E-state index in [1.54, 1.807) is 0 Å². The normalized spacial score (nSPS) is 11.8. The molecule has 3 heteroatoms. The molecule has 0 aliphatic rings. The Morgan fingerprint density at radius 2 is 1.50 bits per heavy atom. The van der Waals surface area contributed by atoms with Gasteiger partial charge in [-0.2, -0.15) is 0 Å². The molecule has 0 radical (unpaired) electrons. The van der Waals surface area contributed by atoms with Crippen molar-refractivity contribution < 1.29 is 4.42 Å². The van der Waals surface area contributed by atoms with Crippen LogP contribution in [0.2, 0.25) is 0 Å². The molecule has 1 N–H and O–H groups in total. The summed E-state index contributed by atoms with van der Waals surface area (Å²) in [6.45, 7) is 0. The average Bonchev–Trinajstić information content (AvgIpc) is 3.31. The van der Waals surface area contributed by atoms with Gasteiger partial charge in [0.15, 0.2) is 0 Å². The Morgan fingerprint density at radius 3 is 2.35 bits per heavy atom. The van der Waals surface area contributed by atoms with Crippen molar-refractivity contribution in [3.63, 3.8) is 0 Å². The van der Waals surface area contributed by atoms with Gasteiger partial charge in [0.25, 0.3) is 0 Å². The fourth-order valence-electron chi connectivity index (χ4n) is 4.02. The summed E-state index contributed by atoms with van der Waals surface area (Å²) in [4.78, 5) is 8.13. The minimum absolute atomic E-state index is 0.914. The SMILES string of the molecule is c1ccc(-c2coc3c2c2ccccc2c2[nH]c4ccccc4c23)nc1. The fourth-order valence-corrected chi connectivity index (χ4v) is 4.02. The standard InChI is InChI=1S/C23H14N2O/c1-2-8-15-14(7-1)20-17(18-10-5-6-12-24-18)13-26-23(20)21-16-9-3-4-11-19(16)25-22(15)21/h1-13,25H. The lowest BCUT2D eigenvalue weighted by Gasteiger charge is -2.04. The van der Waals surface area contributed by atoms with Gasteiger partial charge in [-0.1, -0.05) is 48.5 Å². The highest BCUT2D eigenvalue weighted by molar-refractivity contribution is 6.31. The van der Waals surface area contributed by atoms with Crippen LogP contribution in [0, 0.1) is 0 Å². The van der Waals surface area contributed by atoms with Crippen molar-refractivity contribution in [3.8, 4) is 11.3 Å². The van der Waals surface area contributed by atoms with Gasteiger partial charge in [-0.15, -0.1) is 0 Å². The number of H-pyrrole nitrogens is 1. The highest BCUT2D eigenvalue weighted by atomic mass is 16.3. The van der Waals surface area contributed by atoms with Crippen molar-refractivity contribution >= 4 is 43.5 Å². The van der Waals surface area contributed by atoms with E-state index in [2.05, 4.69) is 58.5 Å². The van der Waals surface area contributed by atoms with E-state index in [0.29, 0.717) is 0 Å². The van der Waals surface area contributed by atoms with Gasteiger partial charge in [-0.05, 0) is 23.6 Å². The molecule has 0 saturated heterocycles. The third-order valence-corrected chi connectivity index (χ3v) is 5.13. The van der Waals surface area contributed by atoms with Crippen molar-refractivity contribution in [2.75, 3.05) is 0 Å². The number of nitrogens with one attached hydrogen (secondary N) is 1. The summed E-state index contributed by atoms with van der Waals surface area (Å²) in [6.07, 6.45) is 3.65. The number of aromatic nitrogens is 2. The lowest BCUT2D eigenvalue weighted by atomic mass is 9.98. The predicted octanol–water partition coefficient (Wildman–Crippen LogP) is 6.28. The van der Waals surface area contributed by atoms with Crippen molar-refractivity contribution in [2.24, 2.45) is 0 Å². The minimum atomic E-state index is 0.914. The highest BCUT2D eigenvalue weighted by Crippen LogP contribution is 2.43. The number of benzene rings is 3. The molecule has 3 aromatic heterocycles. The molecular formula is C23H14N2O. The van der Waals surface area contributed by atoms with Gasteiger partial charge in [-0.3, -0.25) is 4.98 Å². The van der Waals surface area contributed by atoms with Crippen LogP contribution in [0.5, 0.6) is 0 Å². The molecule has 0 saturated carbocycles. The van der Waals surface area contributed by atoms with Crippen LogP contribution in [0.4, 0.5) is 0 Å². The Kier molecular flexibility index (Phi) is 2.61. The first-order chi connectivity index (χ1) is 12.9. The van der Waals surface area contributed by atoms with E-state index >= 15 is 0 Å². The molecule has 0 aliphatic heterocycles. The second-order valence-electron chi connectivity index (χ2n) is 6.53. The molecule has 0 amide bonds. The molecule has 26 heavy (non-hydrogen) atoms. The maximum Gasteiger partial charge on any atom is 0.145 e. The van der Waals surface area contributed by atoms with E-state index in [4.69, 9.17) is 4.42 Å². The first kappa shape index (κ1) is 13.7. The van der Waals surface area contributed by atoms with Crippen LogP contribution >= 0.6 is 0 Å². The van der Waals surface area contributed by atoms with Gasteiger partial charge in [0, 0.05) is 33.4 Å². The van der Waals surface area contributed by atoms with Gasteiger partial charge in [0.05, 0.1) is 16.6 Å². The first-order valence-corrected chi connectivity index (χ1v) is 8.65. The maximum absolute atomic E-state index is 6.13. The number of hydrogen-bond acceptors (Lipinski definition) is 2. The number of para-hydroxylation sites is 1. The molecule has 0 aliphatic carbocycles. The minimum Gasteiger partial charge on any atom is -0.463 e. The van der Waals surface area contributed by atoms with Gasteiger partial charge in [0.1, 0.15) is 11.8 Å². The maximum atomic E-state index is 6.13. The molecule has 0 unspecified atom stereocenters. The molecular weight excluding hydrogens is 320 g/mol. The number of nitrogens with zero attached hydrogens (tertiary/aromatic N) is 1. The highest BCUT2D eigenvalue weighted by Gasteiger charge is 2.19.